The zero-order valence-electron chi connectivity index (χ0n) is 25.5. The third-order valence-electron chi connectivity index (χ3n) is 9.37. The van der Waals surface area contributed by atoms with Crippen LogP contribution in [0.3, 0.4) is 0 Å². The fourth-order valence-electron chi connectivity index (χ4n) is 7.38. The van der Waals surface area contributed by atoms with Gasteiger partial charge in [0.1, 0.15) is 11.6 Å². The first-order chi connectivity index (χ1) is 19.2. The normalized spacial score (nSPS) is 23.2. The van der Waals surface area contributed by atoms with Crippen molar-refractivity contribution >= 4 is 11.0 Å². The fourth-order valence-corrected chi connectivity index (χ4v) is 7.38. The van der Waals surface area contributed by atoms with Crippen LogP contribution in [0.5, 0.6) is 5.75 Å². The summed E-state index contributed by atoms with van der Waals surface area (Å²) in [6.45, 7) is 15.2. The molecule has 2 fully saturated rings. The Labute approximate surface area is 241 Å². The number of piperazine rings is 1. The van der Waals surface area contributed by atoms with E-state index in [0.717, 1.165) is 70.5 Å². The predicted octanol–water partition coefficient (Wildman–Crippen LogP) is 5.34. The van der Waals surface area contributed by atoms with Crippen LogP contribution in [0.2, 0.25) is 0 Å². The lowest BCUT2D eigenvalue weighted by atomic mass is 9.79. The second-order valence-electron chi connectivity index (χ2n) is 12.5. The topological polar surface area (TPSA) is 59.8 Å². The van der Waals surface area contributed by atoms with E-state index in [2.05, 4.69) is 90.6 Å². The molecular weight excluding hydrogens is 496 g/mol. The summed E-state index contributed by atoms with van der Waals surface area (Å²) in [6.07, 6.45) is 4.37. The molecule has 1 unspecified atom stereocenters. The van der Waals surface area contributed by atoms with Crippen molar-refractivity contribution in [2.24, 2.45) is 0 Å². The number of rotatable bonds is 9. The van der Waals surface area contributed by atoms with Crippen LogP contribution < -0.4 is 5.32 Å². The van der Waals surface area contributed by atoms with Crippen molar-refractivity contribution in [2.75, 3.05) is 40.3 Å². The van der Waals surface area contributed by atoms with Gasteiger partial charge in [-0.15, -0.1) is 0 Å². The van der Waals surface area contributed by atoms with E-state index in [1.165, 1.54) is 22.5 Å². The summed E-state index contributed by atoms with van der Waals surface area (Å²) in [6, 6.07) is 16.1. The second-order valence-corrected chi connectivity index (χ2v) is 12.5. The number of hydrogen-bond donors (Lipinski definition) is 2. The molecule has 2 aromatic carbocycles. The van der Waals surface area contributed by atoms with Gasteiger partial charge >= 0.3 is 0 Å². The lowest BCUT2D eigenvalue weighted by molar-refractivity contribution is 0.0506. The van der Waals surface area contributed by atoms with Crippen LogP contribution in [-0.2, 0) is 18.6 Å². The SMILES string of the molecule is CCCC(c1nc2cc(CN3CCC(c4cccc(O)c4)(N(C)C)CC3)ccc2n1CC)N1C[C@@H](C)N[C@@H](C)C1. The van der Waals surface area contributed by atoms with Gasteiger partial charge in [-0.25, -0.2) is 4.98 Å². The summed E-state index contributed by atoms with van der Waals surface area (Å²) in [4.78, 5) is 12.9. The van der Waals surface area contributed by atoms with Gasteiger partial charge < -0.3 is 15.0 Å². The molecule has 40 heavy (non-hydrogen) atoms. The van der Waals surface area contributed by atoms with Crippen molar-refractivity contribution in [3.05, 3.63) is 59.4 Å². The molecule has 0 bridgehead atoms. The molecule has 5 rings (SSSR count). The standard InChI is InChI=1S/C33H50N6O/c1-7-10-31(38-21-24(3)34-25(4)22-38)32-35-29-19-26(13-14-30(29)39(32)8-2)23-37-17-15-33(16-18-37,36(5)6)27-11-9-12-28(40)20-27/h9,11-14,19-20,24-25,31,34,40H,7-8,10,15-18,21-23H2,1-6H3/t24-,25+,31?. The molecule has 218 valence electrons. The number of phenols is 1. The maximum Gasteiger partial charge on any atom is 0.127 e. The van der Waals surface area contributed by atoms with Crippen LogP contribution in [0.1, 0.15) is 76.4 Å². The van der Waals surface area contributed by atoms with Gasteiger partial charge in [-0.2, -0.15) is 0 Å². The van der Waals surface area contributed by atoms with Crippen molar-refractivity contribution in [2.45, 2.75) is 90.1 Å². The van der Waals surface area contributed by atoms with Crippen LogP contribution in [0.4, 0.5) is 0 Å². The van der Waals surface area contributed by atoms with E-state index >= 15 is 0 Å². The number of nitrogens with zero attached hydrogens (tertiary/aromatic N) is 5. The number of aromatic nitrogens is 2. The monoisotopic (exact) mass is 546 g/mol. The fraction of sp³-hybridized carbons (Fsp3) is 0.606. The number of aryl methyl sites for hydroxylation is 1. The lowest BCUT2D eigenvalue weighted by Crippen LogP contribution is -2.55. The first-order valence-electron chi connectivity index (χ1n) is 15.4. The molecule has 3 aromatic rings. The van der Waals surface area contributed by atoms with E-state index in [4.69, 9.17) is 4.98 Å². The van der Waals surface area contributed by atoms with Gasteiger partial charge in [0.15, 0.2) is 0 Å². The Morgan fingerprint density at radius 1 is 1.05 bits per heavy atom. The van der Waals surface area contributed by atoms with Crippen LogP contribution in [0.15, 0.2) is 42.5 Å². The Morgan fingerprint density at radius 2 is 1.77 bits per heavy atom. The van der Waals surface area contributed by atoms with Crippen LogP contribution >= 0.6 is 0 Å². The third kappa shape index (κ3) is 5.80. The number of aromatic hydroxyl groups is 1. The van der Waals surface area contributed by atoms with Gasteiger partial charge in [0.2, 0.25) is 0 Å². The van der Waals surface area contributed by atoms with E-state index in [0.29, 0.717) is 23.9 Å². The highest BCUT2D eigenvalue weighted by Gasteiger charge is 2.38. The summed E-state index contributed by atoms with van der Waals surface area (Å²) in [7, 11) is 4.34. The molecule has 0 amide bonds. The number of imidazole rings is 1. The molecule has 3 heterocycles. The minimum Gasteiger partial charge on any atom is -0.508 e. The molecule has 2 saturated heterocycles. The van der Waals surface area contributed by atoms with E-state index < -0.39 is 0 Å². The second kappa shape index (κ2) is 12.2. The van der Waals surface area contributed by atoms with Crippen LogP contribution in [-0.4, -0.2) is 81.7 Å². The Hall–Kier alpha value is -2.45. The molecule has 0 saturated carbocycles. The summed E-state index contributed by atoms with van der Waals surface area (Å²) in [5, 5.41) is 13.8. The van der Waals surface area contributed by atoms with Gasteiger partial charge in [-0.3, -0.25) is 14.7 Å². The predicted molar refractivity (Wildman–Crippen MR) is 165 cm³/mol. The van der Waals surface area contributed by atoms with Crippen molar-refractivity contribution in [1.82, 2.24) is 29.6 Å². The quantitative estimate of drug-likeness (QED) is 0.378. The zero-order valence-corrected chi connectivity index (χ0v) is 25.5. The van der Waals surface area contributed by atoms with Crippen molar-refractivity contribution in [1.29, 1.82) is 0 Å². The van der Waals surface area contributed by atoms with Gasteiger partial charge in [-0.05, 0) is 89.5 Å². The van der Waals surface area contributed by atoms with Gasteiger partial charge in [0.05, 0.1) is 17.1 Å². The zero-order chi connectivity index (χ0) is 28.4. The highest BCUT2D eigenvalue weighted by molar-refractivity contribution is 5.77. The Balaban J connectivity index is 1.35. The van der Waals surface area contributed by atoms with Gasteiger partial charge in [0, 0.05) is 56.9 Å². The average Bonchev–Trinajstić information content (AvgIpc) is 3.29. The maximum absolute atomic E-state index is 10.1. The first-order valence-corrected chi connectivity index (χ1v) is 15.4. The molecule has 2 aliphatic rings. The van der Waals surface area contributed by atoms with E-state index in [1.54, 1.807) is 6.07 Å². The van der Waals surface area contributed by atoms with E-state index in [1.807, 2.05) is 12.1 Å². The molecule has 7 heteroatoms. The Kier molecular flexibility index (Phi) is 8.86. The number of fused-ring (bicyclic) bond motifs is 1. The molecule has 0 radical (unpaired) electrons. The molecular formula is C33H50N6O. The highest BCUT2D eigenvalue weighted by atomic mass is 16.3. The average molecular weight is 547 g/mol. The van der Waals surface area contributed by atoms with Crippen molar-refractivity contribution in [3.8, 4) is 5.75 Å². The minimum atomic E-state index is -0.0404. The van der Waals surface area contributed by atoms with Crippen LogP contribution in [0, 0.1) is 0 Å². The number of phenolic OH excluding ortho intramolecular Hbond substituents is 1. The maximum atomic E-state index is 10.1. The van der Waals surface area contributed by atoms with Crippen LogP contribution in [0.25, 0.3) is 11.0 Å². The van der Waals surface area contributed by atoms with Crippen molar-refractivity contribution < 1.29 is 5.11 Å². The molecule has 2 aliphatic heterocycles. The molecule has 0 aliphatic carbocycles. The largest absolute Gasteiger partial charge is 0.508 e. The summed E-state index contributed by atoms with van der Waals surface area (Å²) >= 11 is 0. The number of piperidine rings is 1. The smallest absolute Gasteiger partial charge is 0.127 e. The Morgan fingerprint density at radius 3 is 2.40 bits per heavy atom. The van der Waals surface area contributed by atoms with Gasteiger partial charge in [0.25, 0.3) is 0 Å². The minimum absolute atomic E-state index is 0.0404. The van der Waals surface area contributed by atoms with Gasteiger partial charge in [-0.1, -0.05) is 31.5 Å². The lowest BCUT2D eigenvalue weighted by Gasteiger charge is -2.46. The Bertz CT molecular complexity index is 1270. The third-order valence-corrected chi connectivity index (χ3v) is 9.37. The molecule has 3 atom stereocenters. The number of benzene rings is 2. The van der Waals surface area contributed by atoms with Crippen molar-refractivity contribution in [3.63, 3.8) is 0 Å². The molecule has 1 aromatic heterocycles. The molecule has 0 spiro atoms. The first kappa shape index (κ1) is 29.1. The highest BCUT2D eigenvalue weighted by Crippen LogP contribution is 2.39. The molecule has 7 nitrogen and oxygen atoms in total. The molecule has 2 N–H and O–H groups in total. The summed E-state index contributed by atoms with van der Waals surface area (Å²) in [5.74, 6) is 1.58. The summed E-state index contributed by atoms with van der Waals surface area (Å²) < 4.78 is 2.46. The summed E-state index contributed by atoms with van der Waals surface area (Å²) in [5.41, 5.74) is 4.90. The number of likely N-dealkylation sites (tertiary alicyclic amines) is 1. The number of nitrogens with one attached hydrogen (secondary N) is 1. The van der Waals surface area contributed by atoms with E-state index in [9.17, 15) is 5.11 Å². The number of hydrogen-bond acceptors (Lipinski definition) is 6. The van der Waals surface area contributed by atoms with E-state index in [-0.39, 0.29) is 5.54 Å².